The molecule has 0 amide bonds. The SMILES string of the molecule is Cc1ccnn1Cc1ccncc1. The largest absolute Gasteiger partial charge is 0.265 e. The molecule has 0 unspecified atom stereocenters. The first-order valence-electron chi connectivity index (χ1n) is 4.23. The Bertz CT molecular complexity index is 378. The van der Waals surface area contributed by atoms with Gasteiger partial charge in [0.05, 0.1) is 6.54 Å². The number of hydrogen-bond donors (Lipinski definition) is 0. The molecular formula is C10H11N3. The maximum Gasteiger partial charge on any atom is 0.0663 e. The predicted octanol–water partition coefficient (Wildman–Crippen LogP) is 1.63. The number of hydrogen-bond acceptors (Lipinski definition) is 2. The number of aryl methyl sites for hydroxylation is 1. The monoisotopic (exact) mass is 173 g/mol. The number of aromatic nitrogens is 3. The van der Waals surface area contributed by atoms with E-state index in [1.54, 1.807) is 12.4 Å². The lowest BCUT2D eigenvalue weighted by molar-refractivity contribution is 0.664. The molecule has 0 aliphatic heterocycles. The number of nitrogens with zero attached hydrogens (tertiary/aromatic N) is 3. The van der Waals surface area contributed by atoms with Crippen LogP contribution in [0.4, 0.5) is 0 Å². The molecule has 2 heterocycles. The van der Waals surface area contributed by atoms with Crippen molar-refractivity contribution >= 4 is 0 Å². The summed E-state index contributed by atoms with van der Waals surface area (Å²) in [6.45, 7) is 2.87. The van der Waals surface area contributed by atoms with Gasteiger partial charge in [-0.2, -0.15) is 5.10 Å². The minimum absolute atomic E-state index is 0.821. The molecule has 2 aromatic rings. The maximum atomic E-state index is 4.21. The second-order valence-corrected chi connectivity index (χ2v) is 2.99. The molecule has 0 fully saturated rings. The lowest BCUT2D eigenvalue weighted by atomic mass is 10.3. The molecule has 0 saturated heterocycles. The Hall–Kier alpha value is -1.64. The van der Waals surface area contributed by atoms with Gasteiger partial charge in [0.2, 0.25) is 0 Å². The molecule has 0 aromatic carbocycles. The summed E-state index contributed by atoms with van der Waals surface area (Å²) in [5, 5.41) is 4.21. The first-order valence-corrected chi connectivity index (χ1v) is 4.23. The fourth-order valence-electron chi connectivity index (χ4n) is 1.23. The van der Waals surface area contributed by atoms with Crippen LogP contribution in [-0.4, -0.2) is 14.8 Å². The molecule has 66 valence electrons. The van der Waals surface area contributed by atoms with Crippen molar-refractivity contribution in [2.24, 2.45) is 0 Å². The Morgan fingerprint density at radius 3 is 2.54 bits per heavy atom. The number of pyridine rings is 1. The second-order valence-electron chi connectivity index (χ2n) is 2.99. The lowest BCUT2D eigenvalue weighted by Gasteiger charge is -2.03. The number of rotatable bonds is 2. The van der Waals surface area contributed by atoms with Crippen LogP contribution < -0.4 is 0 Å². The summed E-state index contributed by atoms with van der Waals surface area (Å²) in [7, 11) is 0. The molecule has 0 saturated carbocycles. The fourth-order valence-corrected chi connectivity index (χ4v) is 1.23. The van der Waals surface area contributed by atoms with Crippen LogP contribution in [0.5, 0.6) is 0 Å². The van der Waals surface area contributed by atoms with Crippen LogP contribution in [0.25, 0.3) is 0 Å². The summed E-state index contributed by atoms with van der Waals surface area (Å²) in [5.74, 6) is 0. The van der Waals surface area contributed by atoms with Crippen LogP contribution in [0.2, 0.25) is 0 Å². The normalized spacial score (nSPS) is 10.2. The van der Waals surface area contributed by atoms with E-state index >= 15 is 0 Å². The van der Waals surface area contributed by atoms with Gasteiger partial charge in [0.15, 0.2) is 0 Å². The van der Waals surface area contributed by atoms with Gasteiger partial charge in [-0.25, -0.2) is 0 Å². The third-order valence-corrected chi connectivity index (χ3v) is 2.01. The molecule has 0 aliphatic carbocycles. The average Bonchev–Trinajstić information content (AvgIpc) is 2.54. The van der Waals surface area contributed by atoms with Crippen molar-refractivity contribution in [2.75, 3.05) is 0 Å². The summed E-state index contributed by atoms with van der Waals surface area (Å²) in [6.07, 6.45) is 5.42. The summed E-state index contributed by atoms with van der Waals surface area (Å²) in [6, 6.07) is 6.00. The molecule has 2 rings (SSSR count). The zero-order chi connectivity index (χ0) is 9.10. The van der Waals surface area contributed by atoms with E-state index in [4.69, 9.17) is 0 Å². The van der Waals surface area contributed by atoms with Gasteiger partial charge < -0.3 is 0 Å². The quantitative estimate of drug-likeness (QED) is 0.691. The van der Waals surface area contributed by atoms with Crippen LogP contribution in [0.3, 0.4) is 0 Å². The van der Waals surface area contributed by atoms with E-state index in [9.17, 15) is 0 Å². The molecule has 0 aliphatic rings. The first kappa shape index (κ1) is 7.98. The van der Waals surface area contributed by atoms with E-state index < -0.39 is 0 Å². The van der Waals surface area contributed by atoms with Gasteiger partial charge in [-0.3, -0.25) is 9.67 Å². The molecule has 0 spiro atoms. The highest BCUT2D eigenvalue weighted by molar-refractivity contribution is 5.11. The van der Waals surface area contributed by atoms with E-state index in [0.717, 1.165) is 6.54 Å². The van der Waals surface area contributed by atoms with E-state index in [1.807, 2.05) is 36.0 Å². The first-order chi connectivity index (χ1) is 6.36. The van der Waals surface area contributed by atoms with Crippen LogP contribution in [0.1, 0.15) is 11.3 Å². The predicted molar refractivity (Wildman–Crippen MR) is 50.3 cm³/mol. The van der Waals surface area contributed by atoms with Gasteiger partial charge in [-0.05, 0) is 30.7 Å². The average molecular weight is 173 g/mol. The summed E-state index contributed by atoms with van der Waals surface area (Å²) in [5.41, 5.74) is 2.40. The van der Waals surface area contributed by atoms with E-state index in [2.05, 4.69) is 10.1 Å². The van der Waals surface area contributed by atoms with E-state index in [1.165, 1.54) is 11.3 Å². The molecule has 2 aromatic heterocycles. The van der Waals surface area contributed by atoms with Gasteiger partial charge in [0, 0.05) is 24.3 Å². The fraction of sp³-hybridized carbons (Fsp3) is 0.200. The van der Waals surface area contributed by atoms with Crippen molar-refractivity contribution in [3.63, 3.8) is 0 Å². The van der Waals surface area contributed by atoms with Crippen molar-refractivity contribution in [2.45, 2.75) is 13.5 Å². The van der Waals surface area contributed by atoms with E-state index in [0.29, 0.717) is 0 Å². The lowest BCUT2D eigenvalue weighted by Crippen LogP contribution is -2.03. The van der Waals surface area contributed by atoms with Crippen molar-refractivity contribution in [1.29, 1.82) is 0 Å². The Morgan fingerprint density at radius 2 is 1.92 bits per heavy atom. The molecule has 13 heavy (non-hydrogen) atoms. The maximum absolute atomic E-state index is 4.21. The zero-order valence-electron chi connectivity index (χ0n) is 7.51. The highest BCUT2D eigenvalue weighted by Gasteiger charge is 1.97. The minimum atomic E-state index is 0.821. The third-order valence-electron chi connectivity index (χ3n) is 2.01. The van der Waals surface area contributed by atoms with Crippen LogP contribution in [0.15, 0.2) is 36.8 Å². The summed E-state index contributed by atoms with van der Waals surface area (Å²) in [4.78, 5) is 3.97. The Balaban J connectivity index is 2.20. The van der Waals surface area contributed by atoms with Gasteiger partial charge in [-0.1, -0.05) is 0 Å². The minimum Gasteiger partial charge on any atom is -0.265 e. The molecule has 0 bridgehead atoms. The Kier molecular flexibility index (Phi) is 2.08. The molecular weight excluding hydrogens is 162 g/mol. The summed E-state index contributed by atoms with van der Waals surface area (Å²) >= 11 is 0. The standard InChI is InChI=1S/C10H11N3/c1-9-2-7-12-13(9)8-10-3-5-11-6-4-10/h2-7H,8H2,1H3. The Labute approximate surface area is 77.0 Å². The van der Waals surface area contributed by atoms with Crippen molar-refractivity contribution < 1.29 is 0 Å². The van der Waals surface area contributed by atoms with Crippen molar-refractivity contribution in [3.8, 4) is 0 Å². The molecule has 3 nitrogen and oxygen atoms in total. The zero-order valence-corrected chi connectivity index (χ0v) is 7.51. The van der Waals surface area contributed by atoms with Gasteiger partial charge in [0.25, 0.3) is 0 Å². The molecule has 0 atom stereocenters. The molecule has 0 N–H and O–H groups in total. The van der Waals surface area contributed by atoms with Gasteiger partial charge in [-0.15, -0.1) is 0 Å². The second kappa shape index (κ2) is 3.39. The van der Waals surface area contributed by atoms with Crippen molar-refractivity contribution in [1.82, 2.24) is 14.8 Å². The van der Waals surface area contributed by atoms with Crippen LogP contribution in [0, 0.1) is 6.92 Å². The summed E-state index contributed by atoms with van der Waals surface area (Å²) < 4.78 is 1.97. The van der Waals surface area contributed by atoms with Crippen molar-refractivity contribution in [3.05, 3.63) is 48.0 Å². The molecule has 0 radical (unpaired) electrons. The van der Waals surface area contributed by atoms with Gasteiger partial charge >= 0.3 is 0 Å². The molecule has 3 heteroatoms. The highest BCUT2D eigenvalue weighted by atomic mass is 15.3. The Morgan fingerprint density at radius 1 is 1.15 bits per heavy atom. The van der Waals surface area contributed by atoms with Crippen LogP contribution >= 0.6 is 0 Å². The van der Waals surface area contributed by atoms with Crippen LogP contribution in [-0.2, 0) is 6.54 Å². The topological polar surface area (TPSA) is 30.7 Å². The smallest absolute Gasteiger partial charge is 0.0663 e. The highest BCUT2D eigenvalue weighted by Crippen LogP contribution is 2.02. The van der Waals surface area contributed by atoms with Gasteiger partial charge in [0.1, 0.15) is 0 Å². The van der Waals surface area contributed by atoms with E-state index in [-0.39, 0.29) is 0 Å². The third kappa shape index (κ3) is 1.75.